The lowest BCUT2D eigenvalue weighted by atomic mass is 10.0. The van der Waals surface area contributed by atoms with Crippen LogP contribution in [0.4, 0.5) is 5.69 Å². The molecule has 0 aliphatic rings. The van der Waals surface area contributed by atoms with Gasteiger partial charge in [-0.15, -0.1) is 11.3 Å². The van der Waals surface area contributed by atoms with Gasteiger partial charge in [-0.25, -0.2) is 4.98 Å². The summed E-state index contributed by atoms with van der Waals surface area (Å²) in [4.78, 5) is 8.84. The fourth-order valence-corrected chi connectivity index (χ4v) is 2.85. The number of rotatable bonds is 3. The lowest BCUT2D eigenvalue weighted by Gasteiger charge is -2.06. The SMILES string of the molecule is Cc1cc(C)c(N)c(-c2nc(Cc3csc(C)n3)no2)c1. The quantitative estimate of drug-likeness (QED) is 0.751. The van der Waals surface area contributed by atoms with E-state index in [0.717, 1.165) is 27.4 Å². The second-order valence-electron chi connectivity index (χ2n) is 5.09. The van der Waals surface area contributed by atoms with E-state index in [0.29, 0.717) is 23.8 Å². The molecule has 5 nitrogen and oxygen atoms in total. The smallest absolute Gasteiger partial charge is 0.260 e. The van der Waals surface area contributed by atoms with Crippen LogP contribution in [0.25, 0.3) is 11.5 Å². The summed E-state index contributed by atoms with van der Waals surface area (Å²) in [6.45, 7) is 5.97. The predicted molar refractivity (Wildman–Crippen MR) is 83.3 cm³/mol. The number of benzene rings is 1. The first-order valence-electron chi connectivity index (χ1n) is 6.63. The Labute approximate surface area is 126 Å². The fraction of sp³-hybridized carbons (Fsp3) is 0.267. The Morgan fingerprint density at radius 1 is 1.19 bits per heavy atom. The van der Waals surface area contributed by atoms with Crippen LogP contribution in [0.1, 0.15) is 27.7 Å². The summed E-state index contributed by atoms with van der Waals surface area (Å²) < 4.78 is 5.36. The zero-order chi connectivity index (χ0) is 15.0. The number of anilines is 1. The molecule has 21 heavy (non-hydrogen) atoms. The Morgan fingerprint density at radius 3 is 2.71 bits per heavy atom. The topological polar surface area (TPSA) is 77.8 Å². The average Bonchev–Trinajstić information content (AvgIpc) is 3.04. The Bertz CT molecular complexity index is 791. The summed E-state index contributed by atoms with van der Waals surface area (Å²) in [6, 6.07) is 4.00. The summed E-state index contributed by atoms with van der Waals surface area (Å²) in [5.74, 6) is 1.08. The second-order valence-corrected chi connectivity index (χ2v) is 6.16. The van der Waals surface area contributed by atoms with E-state index in [1.54, 1.807) is 11.3 Å². The van der Waals surface area contributed by atoms with E-state index >= 15 is 0 Å². The largest absolute Gasteiger partial charge is 0.398 e. The van der Waals surface area contributed by atoms with Crippen LogP contribution in [-0.4, -0.2) is 15.1 Å². The van der Waals surface area contributed by atoms with Gasteiger partial charge in [0.15, 0.2) is 5.82 Å². The second kappa shape index (κ2) is 5.29. The highest BCUT2D eigenvalue weighted by Gasteiger charge is 2.14. The summed E-state index contributed by atoms with van der Waals surface area (Å²) in [5.41, 5.74) is 10.7. The van der Waals surface area contributed by atoms with Crippen LogP contribution in [0.5, 0.6) is 0 Å². The molecule has 3 rings (SSSR count). The van der Waals surface area contributed by atoms with Gasteiger partial charge in [-0.05, 0) is 38.0 Å². The van der Waals surface area contributed by atoms with Crippen LogP contribution < -0.4 is 5.73 Å². The third-order valence-electron chi connectivity index (χ3n) is 3.24. The molecular formula is C15H16N4OS. The van der Waals surface area contributed by atoms with Crippen LogP contribution in [0.3, 0.4) is 0 Å². The molecule has 3 aromatic rings. The van der Waals surface area contributed by atoms with E-state index in [1.807, 2.05) is 38.3 Å². The number of thiazole rings is 1. The number of nitrogens with two attached hydrogens (primary N) is 1. The van der Waals surface area contributed by atoms with E-state index in [2.05, 4.69) is 15.1 Å². The first kappa shape index (κ1) is 13.8. The zero-order valence-electron chi connectivity index (χ0n) is 12.2. The molecule has 1 aromatic carbocycles. The van der Waals surface area contributed by atoms with Crippen LogP contribution >= 0.6 is 11.3 Å². The maximum absolute atomic E-state index is 6.11. The van der Waals surface area contributed by atoms with Crippen molar-refractivity contribution in [3.63, 3.8) is 0 Å². The molecule has 0 fully saturated rings. The number of nitrogens with zero attached hydrogens (tertiary/aromatic N) is 3. The van der Waals surface area contributed by atoms with Gasteiger partial charge in [-0.2, -0.15) is 4.98 Å². The van der Waals surface area contributed by atoms with Crippen molar-refractivity contribution in [3.8, 4) is 11.5 Å². The minimum Gasteiger partial charge on any atom is -0.398 e. The monoisotopic (exact) mass is 300 g/mol. The van der Waals surface area contributed by atoms with E-state index in [4.69, 9.17) is 10.3 Å². The standard InChI is InChI=1S/C15H16N4OS/c1-8-4-9(2)14(16)12(5-8)15-18-13(19-20-15)6-11-7-21-10(3)17-11/h4-5,7H,6,16H2,1-3H3. The van der Waals surface area contributed by atoms with Gasteiger partial charge in [0.05, 0.1) is 22.7 Å². The van der Waals surface area contributed by atoms with Gasteiger partial charge in [-0.1, -0.05) is 11.2 Å². The molecular weight excluding hydrogens is 284 g/mol. The van der Waals surface area contributed by atoms with Crippen LogP contribution in [-0.2, 0) is 6.42 Å². The van der Waals surface area contributed by atoms with Crippen LogP contribution in [0.15, 0.2) is 22.0 Å². The molecule has 2 aromatic heterocycles. The summed E-state index contributed by atoms with van der Waals surface area (Å²) in [6.07, 6.45) is 0.568. The van der Waals surface area contributed by atoms with Crippen molar-refractivity contribution in [1.29, 1.82) is 0 Å². The van der Waals surface area contributed by atoms with Crippen molar-refractivity contribution in [3.05, 3.63) is 45.2 Å². The minimum absolute atomic E-state index is 0.459. The molecule has 0 spiro atoms. The molecule has 0 amide bonds. The molecule has 108 valence electrons. The summed E-state index contributed by atoms with van der Waals surface area (Å²) in [5, 5.41) is 7.07. The third kappa shape index (κ3) is 2.80. The zero-order valence-corrected chi connectivity index (χ0v) is 13.0. The van der Waals surface area contributed by atoms with Gasteiger partial charge in [0.25, 0.3) is 5.89 Å². The number of aryl methyl sites for hydroxylation is 3. The summed E-state index contributed by atoms with van der Waals surface area (Å²) in [7, 11) is 0. The van der Waals surface area contributed by atoms with Crippen molar-refractivity contribution in [1.82, 2.24) is 15.1 Å². The Hall–Kier alpha value is -2.21. The molecule has 0 saturated carbocycles. The lowest BCUT2D eigenvalue weighted by Crippen LogP contribution is -1.96. The molecule has 0 unspecified atom stereocenters. The van der Waals surface area contributed by atoms with Gasteiger partial charge in [0, 0.05) is 11.1 Å². The highest BCUT2D eigenvalue weighted by Crippen LogP contribution is 2.28. The molecule has 0 saturated heterocycles. The van der Waals surface area contributed by atoms with Gasteiger partial charge < -0.3 is 10.3 Å². The number of hydrogen-bond acceptors (Lipinski definition) is 6. The molecule has 0 aliphatic heterocycles. The van der Waals surface area contributed by atoms with Crippen molar-refractivity contribution in [2.75, 3.05) is 5.73 Å². The van der Waals surface area contributed by atoms with Crippen molar-refractivity contribution in [2.24, 2.45) is 0 Å². The molecule has 6 heteroatoms. The lowest BCUT2D eigenvalue weighted by molar-refractivity contribution is 0.424. The third-order valence-corrected chi connectivity index (χ3v) is 4.06. The molecule has 0 bridgehead atoms. The molecule has 2 N–H and O–H groups in total. The molecule has 2 heterocycles. The van der Waals surface area contributed by atoms with Crippen LogP contribution in [0.2, 0.25) is 0 Å². The van der Waals surface area contributed by atoms with E-state index < -0.39 is 0 Å². The van der Waals surface area contributed by atoms with Crippen molar-refractivity contribution >= 4 is 17.0 Å². The van der Waals surface area contributed by atoms with Gasteiger partial charge in [0.2, 0.25) is 0 Å². The first-order valence-corrected chi connectivity index (χ1v) is 7.51. The Morgan fingerprint density at radius 2 is 2.00 bits per heavy atom. The predicted octanol–water partition coefficient (Wildman–Crippen LogP) is 3.29. The normalized spacial score (nSPS) is 11.0. The summed E-state index contributed by atoms with van der Waals surface area (Å²) >= 11 is 1.62. The van der Waals surface area contributed by atoms with Crippen LogP contribution in [0, 0.1) is 20.8 Å². The highest BCUT2D eigenvalue weighted by atomic mass is 32.1. The Kier molecular flexibility index (Phi) is 3.47. The maximum atomic E-state index is 6.11. The Balaban J connectivity index is 1.91. The van der Waals surface area contributed by atoms with Gasteiger partial charge in [-0.3, -0.25) is 0 Å². The van der Waals surface area contributed by atoms with Crippen molar-refractivity contribution in [2.45, 2.75) is 27.2 Å². The van der Waals surface area contributed by atoms with E-state index in [1.165, 1.54) is 0 Å². The number of hydrogen-bond donors (Lipinski definition) is 1. The fourth-order valence-electron chi connectivity index (χ4n) is 2.24. The van der Waals surface area contributed by atoms with Gasteiger partial charge in [0.1, 0.15) is 0 Å². The van der Waals surface area contributed by atoms with E-state index in [9.17, 15) is 0 Å². The molecule has 0 aliphatic carbocycles. The molecule has 0 atom stereocenters. The van der Waals surface area contributed by atoms with Crippen molar-refractivity contribution < 1.29 is 4.52 Å². The average molecular weight is 300 g/mol. The first-order chi connectivity index (χ1) is 10.0. The molecule has 0 radical (unpaired) electrons. The number of nitrogen functional groups attached to an aromatic ring is 1. The van der Waals surface area contributed by atoms with Gasteiger partial charge >= 0.3 is 0 Å². The number of aromatic nitrogens is 3. The highest BCUT2D eigenvalue weighted by molar-refractivity contribution is 7.09. The van der Waals surface area contributed by atoms with E-state index in [-0.39, 0.29) is 0 Å². The maximum Gasteiger partial charge on any atom is 0.260 e. The minimum atomic E-state index is 0.459.